The first-order chi connectivity index (χ1) is 9.08. The van der Waals surface area contributed by atoms with Crippen LogP contribution in [0, 0.1) is 12.7 Å². The van der Waals surface area contributed by atoms with Crippen molar-refractivity contribution in [1.29, 1.82) is 0 Å². The zero-order valence-corrected chi connectivity index (χ0v) is 10.4. The van der Waals surface area contributed by atoms with Gasteiger partial charge in [-0.15, -0.1) is 0 Å². The van der Waals surface area contributed by atoms with Gasteiger partial charge in [0.2, 0.25) is 0 Å². The van der Waals surface area contributed by atoms with Crippen LogP contribution in [0.15, 0.2) is 36.5 Å². The van der Waals surface area contributed by atoms with Gasteiger partial charge in [-0.2, -0.15) is 10.2 Å². The van der Waals surface area contributed by atoms with Crippen molar-refractivity contribution in [2.24, 2.45) is 0 Å². The van der Waals surface area contributed by atoms with Crippen molar-refractivity contribution in [2.75, 3.05) is 0 Å². The Hall–Kier alpha value is -2.30. The molecule has 1 atom stereocenters. The van der Waals surface area contributed by atoms with Crippen molar-refractivity contribution in [2.45, 2.75) is 19.3 Å². The molecule has 1 N–H and O–H groups in total. The molecule has 1 unspecified atom stereocenters. The molecule has 2 aromatic rings. The first-order valence-corrected chi connectivity index (χ1v) is 5.83. The second-order valence-corrected chi connectivity index (χ2v) is 4.34. The molecule has 0 aliphatic carbocycles. The van der Waals surface area contributed by atoms with Crippen LogP contribution in [0.25, 0.3) is 0 Å². The highest BCUT2D eigenvalue weighted by Crippen LogP contribution is 2.21. The Morgan fingerprint density at radius 1 is 1.42 bits per heavy atom. The van der Waals surface area contributed by atoms with Crippen molar-refractivity contribution in [1.82, 2.24) is 10.2 Å². The Balaban J connectivity index is 2.32. The number of aromatic nitrogens is 2. The normalized spacial score (nSPS) is 12.1. The molecule has 0 spiro atoms. The van der Waals surface area contributed by atoms with Crippen molar-refractivity contribution in [3.8, 4) is 0 Å². The molecule has 4 nitrogen and oxygen atoms in total. The molecule has 5 heteroatoms. The zero-order chi connectivity index (χ0) is 13.8. The van der Waals surface area contributed by atoms with Crippen molar-refractivity contribution in [3.63, 3.8) is 0 Å². The molecular weight excluding hydrogens is 247 g/mol. The van der Waals surface area contributed by atoms with Crippen LogP contribution in [0.1, 0.15) is 22.7 Å². The Labute approximate surface area is 109 Å². The zero-order valence-electron chi connectivity index (χ0n) is 10.4. The molecule has 1 aromatic heterocycles. The van der Waals surface area contributed by atoms with Gasteiger partial charge in [0.1, 0.15) is 11.7 Å². The Kier molecular flexibility index (Phi) is 3.85. The minimum atomic E-state index is -1.04. The summed E-state index contributed by atoms with van der Waals surface area (Å²) in [7, 11) is 0. The molecule has 98 valence electrons. The number of nitrogens with zero attached hydrogens (tertiary/aromatic N) is 2. The summed E-state index contributed by atoms with van der Waals surface area (Å²) in [5, 5.41) is 16.9. The number of carbonyl (C=O) groups is 1. The molecule has 1 aromatic carbocycles. The number of benzene rings is 1. The molecule has 0 saturated carbocycles. The summed E-state index contributed by atoms with van der Waals surface area (Å²) in [5.74, 6) is -2.35. The lowest BCUT2D eigenvalue weighted by atomic mass is 9.95. The van der Waals surface area contributed by atoms with E-state index in [0.717, 1.165) is 5.56 Å². The predicted octanol–water partition coefficient (Wildman–Crippen LogP) is 2.34. The molecule has 19 heavy (non-hydrogen) atoms. The van der Waals surface area contributed by atoms with E-state index in [1.54, 1.807) is 37.4 Å². The predicted molar refractivity (Wildman–Crippen MR) is 67.2 cm³/mol. The highest BCUT2D eigenvalue weighted by atomic mass is 19.1. The number of aliphatic carboxylic acids is 1. The van der Waals surface area contributed by atoms with Crippen LogP contribution in [-0.2, 0) is 11.2 Å². The maximum absolute atomic E-state index is 13.6. The second kappa shape index (κ2) is 5.56. The van der Waals surface area contributed by atoms with Crippen LogP contribution >= 0.6 is 0 Å². The van der Waals surface area contributed by atoms with Gasteiger partial charge in [0.15, 0.2) is 0 Å². The number of carboxylic acid groups (broad SMARTS) is 1. The molecule has 0 aliphatic rings. The number of halogens is 1. The lowest BCUT2D eigenvalue weighted by Gasteiger charge is -2.12. The van der Waals surface area contributed by atoms with Crippen LogP contribution in [0.4, 0.5) is 4.39 Å². The maximum atomic E-state index is 13.6. The second-order valence-electron chi connectivity index (χ2n) is 4.34. The number of hydrogen-bond donors (Lipinski definition) is 1. The quantitative estimate of drug-likeness (QED) is 0.916. The van der Waals surface area contributed by atoms with Gasteiger partial charge in [0, 0.05) is 0 Å². The number of hydrogen-bond acceptors (Lipinski definition) is 3. The fourth-order valence-corrected chi connectivity index (χ4v) is 1.86. The van der Waals surface area contributed by atoms with Gasteiger partial charge in [0.05, 0.1) is 11.9 Å². The highest BCUT2D eigenvalue weighted by molar-refractivity contribution is 5.75. The standard InChI is InChI=1S/C14H13FN2O2/c1-9-6-13(17-16-8-9)11(14(18)19)7-10-4-2-3-5-12(10)15/h2-6,8,11H,7H2,1H3,(H,18,19). The van der Waals surface area contributed by atoms with E-state index in [4.69, 9.17) is 0 Å². The maximum Gasteiger partial charge on any atom is 0.313 e. The first-order valence-electron chi connectivity index (χ1n) is 5.83. The summed E-state index contributed by atoms with van der Waals surface area (Å²) in [4.78, 5) is 11.3. The molecule has 0 saturated heterocycles. The van der Waals surface area contributed by atoms with E-state index in [0.29, 0.717) is 11.3 Å². The van der Waals surface area contributed by atoms with E-state index in [1.807, 2.05) is 0 Å². The average Bonchev–Trinajstić information content (AvgIpc) is 2.37. The summed E-state index contributed by atoms with van der Waals surface area (Å²) in [6, 6.07) is 7.80. The summed E-state index contributed by atoms with van der Waals surface area (Å²) >= 11 is 0. The van der Waals surface area contributed by atoms with Gasteiger partial charge in [-0.25, -0.2) is 4.39 Å². The van der Waals surface area contributed by atoms with E-state index < -0.39 is 17.7 Å². The van der Waals surface area contributed by atoms with Crippen LogP contribution in [0.5, 0.6) is 0 Å². The molecule has 0 aliphatic heterocycles. The number of aryl methyl sites for hydroxylation is 1. The molecule has 0 amide bonds. The average molecular weight is 260 g/mol. The molecule has 0 fully saturated rings. The Bertz CT molecular complexity index is 602. The third-order valence-electron chi connectivity index (χ3n) is 2.85. The fraction of sp³-hybridized carbons (Fsp3) is 0.214. The molecule has 0 bridgehead atoms. The molecule has 2 rings (SSSR count). The third kappa shape index (κ3) is 3.13. The first kappa shape index (κ1) is 13.1. The third-order valence-corrected chi connectivity index (χ3v) is 2.85. The minimum Gasteiger partial charge on any atom is -0.481 e. The molecule has 1 heterocycles. The largest absolute Gasteiger partial charge is 0.481 e. The van der Waals surface area contributed by atoms with Gasteiger partial charge >= 0.3 is 5.97 Å². The van der Waals surface area contributed by atoms with Gasteiger partial charge in [-0.05, 0) is 36.6 Å². The fourth-order valence-electron chi connectivity index (χ4n) is 1.86. The van der Waals surface area contributed by atoms with Gasteiger partial charge in [0.25, 0.3) is 0 Å². The van der Waals surface area contributed by atoms with E-state index in [2.05, 4.69) is 10.2 Å². The van der Waals surface area contributed by atoms with Gasteiger partial charge in [-0.1, -0.05) is 18.2 Å². The van der Waals surface area contributed by atoms with Crippen molar-refractivity contribution in [3.05, 3.63) is 59.2 Å². The summed E-state index contributed by atoms with van der Waals surface area (Å²) in [6.45, 7) is 1.81. The summed E-state index contributed by atoms with van der Waals surface area (Å²) in [5.41, 5.74) is 1.53. The van der Waals surface area contributed by atoms with Crippen LogP contribution < -0.4 is 0 Å². The lowest BCUT2D eigenvalue weighted by molar-refractivity contribution is -0.138. The topological polar surface area (TPSA) is 63.1 Å². The Morgan fingerprint density at radius 3 is 2.79 bits per heavy atom. The minimum absolute atomic E-state index is 0.0557. The van der Waals surface area contributed by atoms with Gasteiger partial charge in [-0.3, -0.25) is 4.79 Å². The Morgan fingerprint density at radius 2 is 2.16 bits per heavy atom. The number of carboxylic acids is 1. The van der Waals surface area contributed by atoms with Crippen molar-refractivity contribution < 1.29 is 14.3 Å². The lowest BCUT2D eigenvalue weighted by Crippen LogP contribution is -2.17. The SMILES string of the molecule is Cc1cnnc(C(Cc2ccccc2F)C(=O)O)c1. The summed E-state index contributed by atoms with van der Waals surface area (Å²) < 4.78 is 13.6. The highest BCUT2D eigenvalue weighted by Gasteiger charge is 2.23. The van der Waals surface area contributed by atoms with Gasteiger partial charge < -0.3 is 5.11 Å². The monoisotopic (exact) mass is 260 g/mol. The molecule has 0 radical (unpaired) electrons. The van der Waals surface area contributed by atoms with E-state index in [9.17, 15) is 14.3 Å². The van der Waals surface area contributed by atoms with Crippen LogP contribution in [-0.4, -0.2) is 21.3 Å². The van der Waals surface area contributed by atoms with Crippen LogP contribution in [0.3, 0.4) is 0 Å². The summed E-state index contributed by atoms with van der Waals surface area (Å²) in [6.07, 6.45) is 1.60. The van der Waals surface area contributed by atoms with Crippen molar-refractivity contribution >= 4 is 5.97 Å². The number of rotatable bonds is 4. The van der Waals surface area contributed by atoms with E-state index in [1.165, 1.54) is 6.07 Å². The van der Waals surface area contributed by atoms with E-state index in [-0.39, 0.29) is 6.42 Å². The van der Waals surface area contributed by atoms with Crippen LogP contribution in [0.2, 0.25) is 0 Å². The van der Waals surface area contributed by atoms with E-state index >= 15 is 0 Å². The smallest absolute Gasteiger partial charge is 0.313 e. The molecular formula is C14H13FN2O2.